The van der Waals surface area contributed by atoms with Gasteiger partial charge < -0.3 is 11.1 Å². The second-order valence-corrected chi connectivity index (χ2v) is 5.94. The van der Waals surface area contributed by atoms with E-state index in [1.54, 1.807) is 0 Å². The van der Waals surface area contributed by atoms with Crippen molar-refractivity contribution in [1.29, 1.82) is 0 Å². The molecule has 0 radical (unpaired) electrons. The van der Waals surface area contributed by atoms with E-state index in [-0.39, 0.29) is 0 Å². The fourth-order valence-electron chi connectivity index (χ4n) is 2.86. The van der Waals surface area contributed by atoms with E-state index in [0.29, 0.717) is 5.41 Å². The number of aromatic nitrogens is 2. The molecule has 102 valence electrons. The first-order chi connectivity index (χ1) is 8.56. The summed E-state index contributed by atoms with van der Waals surface area (Å²) >= 11 is 0. The molecule has 0 spiro atoms. The molecular weight excluding hydrogens is 224 g/mol. The van der Waals surface area contributed by atoms with Crippen LogP contribution >= 0.6 is 0 Å². The average molecular weight is 250 g/mol. The van der Waals surface area contributed by atoms with Crippen molar-refractivity contribution >= 4 is 11.5 Å². The van der Waals surface area contributed by atoms with Gasteiger partial charge in [-0.2, -0.15) is 5.10 Å². The lowest BCUT2D eigenvalue weighted by atomic mass is 9.89. The van der Waals surface area contributed by atoms with E-state index in [0.717, 1.165) is 36.7 Å². The number of nitrogens with zero attached hydrogens (tertiary/aromatic N) is 2. The Balaban J connectivity index is 2.08. The molecule has 1 saturated carbocycles. The smallest absolute Gasteiger partial charge is 0.148 e. The number of hydrogen-bond donors (Lipinski definition) is 2. The van der Waals surface area contributed by atoms with Crippen molar-refractivity contribution in [3.8, 4) is 0 Å². The van der Waals surface area contributed by atoms with Gasteiger partial charge in [-0.05, 0) is 31.6 Å². The third kappa shape index (κ3) is 2.62. The quantitative estimate of drug-likeness (QED) is 0.844. The van der Waals surface area contributed by atoms with E-state index in [1.807, 2.05) is 11.6 Å². The normalized spacial score (nSPS) is 18.2. The SMILES string of the molecule is CCCn1nc(C)c(N)c1NCC1(C)CCCC1. The standard InChI is InChI=1S/C14H26N4/c1-4-9-18-13(12(15)11(2)17-18)16-10-14(3)7-5-6-8-14/h16H,4-10,15H2,1-3H3. The Morgan fingerprint density at radius 2 is 2.06 bits per heavy atom. The van der Waals surface area contributed by atoms with E-state index in [1.165, 1.54) is 25.7 Å². The number of nitrogens with two attached hydrogens (primary N) is 1. The fraction of sp³-hybridized carbons (Fsp3) is 0.786. The molecule has 0 aromatic carbocycles. The lowest BCUT2D eigenvalue weighted by molar-refractivity contribution is 0.360. The van der Waals surface area contributed by atoms with Crippen LogP contribution in [0.1, 0.15) is 51.6 Å². The van der Waals surface area contributed by atoms with Crippen LogP contribution in [0.3, 0.4) is 0 Å². The number of aryl methyl sites for hydroxylation is 2. The zero-order valence-electron chi connectivity index (χ0n) is 11.9. The predicted molar refractivity (Wildman–Crippen MR) is 76.7 cm³/mol. The molecule has 0 atom stereocenters. The van der Waals surface area contributed by atoms with Crippen LogP contribution in [0.2, 0.25) is 0 Å². The molecule has 0 unspecified atom stereocenters. The average Bonchev–Trinajstić information content (AvgIpc) is 2.85. The third-order valence-electron chi connectivity index (χ3n) is 4.10. The van der Waals surface area contributed by atoms with Gasteiger partial charge >= 0.3 is 0 Å². The van der Waals surface area contributed by atoms with Crippen molar-refractivity contribution in [2.45, 2.75) is 59.4 Å². The summed E-state index contributed by atoms with van der Waals surface area (Å²) in [7, 11) is 0. The lowest BCUT2D eigenvalue weighted by Crippen LogP contribution is -2.24. The van der Waals surface area contributed by atoms with Crippen molar-refractivity contribution < 1.29 is 0 Å². The minimum Gasteiger partial charge on any atom is -0.394 e. The highest BCUT2D eigenvalue weighted by Gasteiger charge is 2.29. The highest BCUT2D eigenvalue weighted by molar-refractivity contribution is 5.64. The van der Waals surface area contributed by atoms with Gasteiger partial charge in [0, 0.05) is 13.1 Å². The van der Waals surface area contributed by atoms with Gasteiger partial charge in [0.25, 0.3) is 0 Å². The molecule has 1 aliphatic carbocycles. The number of rotatable bonds is 5. The largest absolute Gasteiger partial charge is 0.394 e. The van der Waals surface area contributed by atoms with Gasteiger partial charge in [0.15, 0.2) is 0 Å². The van der Waals surface area contributed by atoms with E-state index >= 15 is 0 Å². The molecule has 0 aliphatic heterocycles. The Morgan fingerprint density at radius 3 is 2.67 bits per heavy atom. The Morgan fingerprint density at radius 1 is 1.39 bits per heavy atom. The summed E-state index contributed by atoms with van der Waals surface area (Å²) in [5.41, 5.74) is 8.29. The van der Waals surface area contributed by atoms with E-state index in [9.17, 15) is 0 Å². The summed E-state index contributed by atoms with van der Waals surface area (Å²) in [6, 6.07) is 0. The summed E-state index contributed by atoms with van der Waals surface area (Å²) in [6.45, 7) is 8.44. The second-order valence-electron chi connectivity index (χ2n) is 5.94. The fourth-order valence-corrected chi connectivity index (χ4v) is 2.86. The molecular formula is C14H26N4. The van der Waals surface area contributed by atoms with Gasteiger partial charge in [-0.15, -0.1) is 0 Å². The molecule has 4 nitrogen and oxygen atoms in total. The molecule has 1 aliphatic rings. The van der Waals surface area contributed by atoms with E-state index < -0.39 is 0 Å². The molecule has 1 fully saturated rings. The minimum absolute atomic E-state index is 0.432. The number of anilines is 2. The van der Waals surface area contributed by atoms with Crippen LogP contribution in [0.15, 0.2) is 0 Å². The van der Waals surface area contributed by atoms with E-state index in [2.05, 4.69) is 24.3 Å². The number of nitrogens with one attached hydrogen (secondary N) is 1. The molecule has 1 heterocycles. The summed E-state index contributed by atoms with van der Waals surface area (Å²) in [5, 5.41) is 8.04. The van der Waals surface area contributed by atoms with Crippen molar-refractivity contribution in [2.24, 2.45) is 5.41 Å². The predicted octanol–water partition coefficient (Wildman–Crippen LogP) is 3.18. The van der Waals surface area contributed by atoms with Gasteiger partial charge in [-0.25, -0.2) is 4.68 Å². The topological polar surface area (TPSA) is 55.9 Å². The Kier molecular flexibility index (Phi) is 3.83. The summed E-state index contributed by atoms with van der Waals surface area (Å²) in [6.07, 6.45) is 6.44. The molecule has 0 bridgehead atoms. The van der Waals surface area contributed by atoms with Gasteiger partial charge in [0.05, 0.1) is 11.4 Å². The van der Waals surface area contributed by atoms with Crippen LogP contribution in [0, 0.1) is 12.3 Å². The summed E-state index contributed by atoms with van der Waals surface area (Å²) in [4.78, 5) is 0. The van der Waals surface area contributed by atoms with Crippen molar-refractivity contribution in [3.63, 3.8) is 0 Å². The van der Waals surface area contributed by atoms with Crippen molar-refractivity contribution in [3.05, 3.63) is 5.69 Å². The Labute approximate surface area is 110 Å². The summed E-state index contributed by atoms with van der Waals surface area (Å²) in [5.74, 6) is 1.02. The highest BCUT2D eigenvalue weighted by Crippen LogP contribution is 2.38. The van der Waals surface area contributed by atoms with Crippen LogP contribution in [-0.2, 0) is 6.54 Å². The molecule has 1 aromatic rings. The van der Waals surface area contributed by atoms with Crippen molar-refractivity contribution in [1.82, 2.24) is 9.78 Å². The van der Waals surface area contributed by atoms with Crippen LogP contribution < -0.4 is 11.1 Å². The first-order valence-corrected chi connectivity index (χ1v) is 7.12. The number of nitrogen functional groups attached to an aromatic ring is 1. The maximum atomic E-state index is 6.12. The highest BCUT2D eigenvalue weighted by atomic mass is 15.3. The lowest BCUT2D eigenvalue weighted by Gasteiger charge is -2.24. The van der Waals surface area contributed by atoms with Crippen LogP contribution in [0.4, 0.5) is 11.5 Å². The van der Waals surface area contributed by atoms with Crippen molar-refractivity contribution in [2.75, 3.05) is 17.6 Å². The van der Waals surface area contributed by atoms with Crippen LogP contribution in [0.5, 0.6) is 0 Å². The van der Waals surface area contributed by atoms with Gasteiger partial charge in [-0.1, -0.05) is 26.7 Å². The monoisotopic (exact) mass is 250 g/mol. The van der Waals surface area contributed by atoms with Crippen LogP contribution in [-0.4, -0.2) is 16.3 Å². The van der Waals surface area contributed by atoms with Gasteiger partial charge in [0.2, 0.25) is 0 Å². The van der Waals surface area contributed by atoms with E-state index in [4.69, 9.17) is 5.73 Å². The molecule has 4 heteroatoms. The first kappa shape index (κ1) is 13.2. The third-order valence-corrected chi connectivity index (χ3v) is 4.10. The zero-order valence-corrected chi connectivity index (χ0v) is 11.9. The molecule has 1 aromatic heterocycles. The minimum atomic E-state index is 0.432. The maximum absolute atomic E-state index is 6.12. The molecule has 2 rings (SSSR count). The maximum Gasteiger partial charge on any atom is 0.148 e. The zero-order chi connectivity index (χ0) is 13.2. The number of hydrogen-bond acceptors (Lipinski definition) is 3. The summed E-state index contributed by atoms with van der Waals surface area (Å²) < 4.78 is 2.02. The first-order valence-electron chi connectivity index (χ1n) is 7.12. The molecule has 18 heavy (non-hydrogen) atoms. The Bertz CT molecular complexity index is 402. The molecule has 0 saturated heterocycles. The van der Waals surface area contributed by atoms with Crippen LogP contribution in [0.25, 0.3) is 0 Å². The molecule has 3 N–H and O–H groups in total. The molecule has 0 amide bonds. The van der Waals surface area contributed by atoms with Gasteiger partial charge in [-0.3, -0.25) is 0 Å². The Hall–Kier alpha value is -1.19. The second kappa shape index (κ2) is 5.21. The van der Waals surface area contributed by atoms with Gasteiger partial charge in [0.1, 0.15) is 5.82 Å².